The number of nitriles is 1. The summed E-state index contributed by atoms with van der Waals surface area (Å²) in [6, 6.07) is 5.52. The molecule has 2 unspecified atom stereocenters. The highest BCUT2D eigenvalue weighted by Crippen LogP contribution is 2.34. The van der Waals surface area contributed by atoms with Gasteiger partial charge in [-0.1, -0.05) is 13.8 Å². The van der Waals surface area contributed by atoms with Crippen molar-refractivity contribution in [3.8, 4) is 6.07 Å². The maximum atomic E-state index is 9.07. The fourth-order valence-electron chi connectivity index (χ4n) is 4.75. The molecule has 8 nitrogen and oxygen atoms in total. The van der Waals surface area contributed by atoms with Crippen molar-refractivity contribution in [3.05, 3.63) is 22.7 Å². The lowest BCUT2D eigenvalue weighted by Crippen LogP contribution is -2.52. The first-order chi connectivity index (χ1) is 15.5. The third-order valence-electron chi connectivity index (χ3n) is 6.35. The Bertz CT molecular complexity index is 1080. The van der Waals surface area contributed by atoms with E-state index in [9.17, 15) is 0 Å². The number of rotatable bonds is 8. The zero-order chi connectivity index (χ0) is 22.7. The molecule has 0 amide bonds. The summed E-state index contributed by atoms with van der Waals surface area (Å²) in [6.45, 7) is 9.40. The fourth-order valence-corrected chi connectivity index (χ4v) is 5.69. The minimum Gasteiger partial charge on any atom is -0.351 e. The summed E-state index contributed by atoms with van der Waals surface area (Å²) in [5, 5.41) is 25.5. The average Bonchev–Trinajstić information content (AvgIpc) is 3.37. The molecule has 170 valence electrons. The normalized spacial score (nSPS) is 21.5. The number of H-pyrrole nitrogens is 1. The second-order valence-electron chi connectivity index (χ2n) is 8.64. The van der Waals surface area contributed by atoms with Gasteiger partial charge in [-0.15, -0.1) is 11.3 Å². The third-order valence-corrected chi connectivity index (χ3v) is 7.45. The first-order valence-corrected chi connectivity index (χ1v) is 12.3. The Hall–Kier alpha value is -2.70. The molecule has 4 rings (SSSR count). The van der Waals surface area contributed by atoms with E-state index < -0.39 is 0 Å². The molecule has 1 aliphatic heterocycles. The van der Waals surface area contributed by atoms with Crippen LogP contribution in [-0.4, -0.2) is 49.7 Å². The molecule has 1 aliphatic rings. The molecular weight excluding hydrogens is 420 g/mol. The minimum absolute atomic E-state index is 0.306. The minimum atomic E-state index is 0.306. The molecule has 3 aromatic heterocycles. The van der Waals surface area contributed by atoms with E-state index in [1.165, 1.54) is 0 Å². The smallest absolute Gasteiger partial charge is 0.225 e. The van der Waals surface area contributed by atoms with Gasteiger partial charge in [-0.3, -0.25) is 10.00 Å². The van der Waals surface area contributed by atoms with Crippen LogP contribution in [0.3, 0.4) is 0 Å². The van der Waals surface area contributed by atoms with Crippen LogP contribution in [0, 0.1) is 25.2 Å². The summed E-state index contributed by atoms with van der Waals surface area (Å²) in [5.74, 6) is 2.20. The molecule has 3 N–H and O–H groups in total. The van der Waals surface area contributed by atoms with Crippen LogP contribution < -0.4 is 10.6 Å². The molecule has 3 aromatic rings. The zero-order valence-electron chi connectivity index (χ0n) is 19.3. The molecule has 0 spiro atoms. The highest BCUT2D eigenvalue weighted by Gasteiger charge is 2.34. The number of aromatic amines is 1. The van der Waals surface area contributed by atoms with Crippen molar-refractivity contribution in [1.82, 2.24) is 25.1 Å². The maximum absolute atomic E-state index is 9.07. The maximum Gasteiger partial charge on any atom is 0.225 e. The lowest BCUT2D eigenvalue weighted by Gasteiger charge is -2.45. The number of hydrogen-bond donors (Lipinski definition) is 3. The summed E-state index contributed by atoms with van der Waals surface area (Å²) in [6.07, 6.45) is 4.81. The topological polar surface area (TPSA) is 106 Å². The highest BCUT2D eigenvalue weighted by atomic mass is 32.1. The molecule has 1 saturated heterocycles. The Labute approximate surface area is 193 Å². The van der Waals surface area contributed by atoms with E-state index in [0.717, 1.165) is 65.3 Å². The van der Waals surface area contributed by atoms with Gasteiger partial charge in [-0.2, -0.15) is 15.3 Å². The van der Waals surface area contributed by atoms with Crippen molar-refractivity contribution in [2.24, 2.45) is 0 Å². The van der Waals surface area contributed by atoms with Crippen LogP contribution in [0.1, 0.15) is 57.2 Å². The number of anilines is 3. The van der Waals surface area contributed by atoms with Crippen molar-refractivity contribution in [2.75, 3.05) is 17.2 Å². The Kier molecular flexibility index (Phi) is 6.92. The molecule has 0 aromatic carbocycles. The van der Waals surface area contributed by atoms with Gasteiger partial charge in [0.2, 0.25) is 5.95 Å². The van der Waals surface area contributed by atoms with Crippen molar-refractivity contribution in [3.63, 3.8) is 0 Å². The van der Waals surface area contributed by atoms with Gasteiger partial charge in [0, 0.05) is 42.9 Å². The first kappa shape index (κ1) is 22.5. The second-order valence-corrected chi connectivity index (χ2v) is 9.52. The Morgan fingerprint density at radius 3 is 2.59 bits per heavy atom. The number of nitrogens with zero attached hydrogens (tertiary/aromatic N) is 5. The molecule has 32 heavy (non-hydrogen) atoms. The summed E-state index contributed by atoms with van der Waals surface area (Å²) in [4.78, 5) is 12.3. The van der Waals surface area contributed by atoms with E-state index >= 15 is 0 Å². The monoisotopic (exact) mass is 452 g/mol. The fraction of sp³-hybridized carbons (Fsp3) is 0.565. The number of nitrogens with one attached hydrogen (secondary N) is 3. The van der Waals surface area contributed by atoms with Crippen molar-refractivity contribution in [1.29, 1.82) is 5.26 Å². The molecule has 0 saturated carbocycles. The van der Waals surface area contributed by atoms with Crippen LogP contribution in [0.2, 0.25) is 0 Å². The van der Waals surface area contributed by atoms with Gasteiger partial charge in [0.25, 0.3) is 0 Å². The summed E-state index contributed by atoms with van der Waals surface area (Å²) in [5.41, 5.74) is 3.13. The van der Waals surface area contributed by atoms with Crippen LogP contribution >= 0.6 is 11.3 Å². The molecule has 4 heterocycles. The van der Waals surface area contributed by atoms with Crippen molar-refractivity contribution < 1.29 is 0 Å². The van der Waals surface area contributed by atoms with Crippen LogP contribution in [0.15, 0.2) is 11.4 Å². The molecular formula is C23H32N8S. The standard InChI is InChI=1S/C23H32N8S/c1-5-17-11-16(12-18(6-2)31(17)9-7-8-24)25-23-27-20-14(3)13-32-21(20)22(28-23)26-19-10-15(4)29-30-19/h10,13,16-18H,5-7,9,11-12H2,1-4H3,(H3,25,26,27,28,29,30)/t16?,17-,18?/m1/s1. The Morgan fingerprint density at radius 2 is 1.97 bits per heavy atom. The predicted octanol–water partition coefficient (Wildman–Crippen LogP) is 5.12. The van der Waals surface area contributed by atoms with E-state index in [1.54, 1.807) is 11.3 Å². The molecule has 9 heteroatoms. The number of fused-ring (bicyclic) bond motifs is 1. The van der Waals surface area contributed by atoms with Gasteiger partial charge in [0.05, 0.1) is 16.3 Å². The third kappa shape index (κ3) is 4.71. The molecule has 1 fully saturated rings. The van der Waals surface area contributed by atoms with E-state index in [1.807, 2.05) is 13.0 Å². The zero-order valence-corrected chi connectivity index (χ0v) is 20.1. The van der Waals surface area contributed by atoms with E-state index in [4.69, 9.17) is 15.2 Å². The van der Waals surface area contributed by atoms with Gasteiger partial charge in [0.15, 0.2) is 11.6 Å². The van der Waals surface area contributed by atoms with Gasteiger partial charge in [-0.25, -0.2) is 4.98 Å². The molecule has 0 radical (unpaired) electrons. The SMILES string of the molecule is CCC1CC(Nc2nc(Nc3cc(C)[nH]n3)c3scc(C)c3n2)C[C@@H](CC)N1CCC#N. The summed E-state index contributed by atoms with van der Waals surface area (Å²) < 4.78 is 1.04. The highest BCUT2D eigenvalue weighted by molar-refractivity contribution is 7.18. The number of aromatic nitrogens is 4. The van der Waals surface area contributed by atoms with Gasteiger partial charge < -0.3 is 10.6 Å². The Morgan fingerprint density at radius 1 is 1.22 bits per heavy atom. The van der Waals surface area contributed by atoms with Crippen molar-refractivity contribution in [2.45, 2.75) is 77.9 Å². The number of thiophene rings is 1. The predicted molar refractivity (Wildman–Crippen MR) is 130 cm³/mol. The number of hydrogen-bond acceptors (Lipinski definition) is 8. The number of likely N-dealkylation sites (tertiary alicyclic amines) is 1. The van der Waals surface area contributed by atoms with Crippen LogP contribution in [0.25, 0.3) is 10.2 Å². The summed E-state index contributed by atoms with van der Waals surface area (Å²) >= 11 is 1.65. The van der Waals surface area contributed by atoms with E-state index in [2.05, 4.69) is 58.0 Å². The lowest BCUT2D eigenvalue weighted by molar-refractivity contribution is 0.0734. The number of piperidine rings is 1. The van der Waals surface area contributed by atoms with E-state index in [0.29, 0.717) is 30.5 Å². The van der Waals surface area contributed by atoms with Crippen molar-refractivity contribution >= 4 is 39.1 Å². The first-order valence-electron chi connectivity index (χ1n) is 11.5. The molecule has 0 aliphatic carbocycles. The van der Waals surface area contributed by atoms with Gasteiger partial charge >= 0.3 is 0 Å². The van der Waals surface area contributed by atoms with Gasteiger partial charge in [0.1, 0.15) is 0 Å². The van der Waals surface area contributed by atoms with Crippen LogP contribution in [0.5, 0.6) is 0 Å². The van der Waals surface area contributed by atoms with E-state index in [-0.39, 0.29) is 0 Å². The van der Waals surface area contributed by atoms with Crippen LogP contribution in [0.4, 0.5) is 17.6 Å². The molecule has 3 atom stereocenters. The van der Waals surface area contributed by atoms with Gasteiger partial charge in [-0.05, 0) is 50.5 Å². The largest absolute Gasteiger partial charge is 0.351 e. The number of aryl methyl sites for hydroxylation is 2. The van der Waals surface area contributed by atoms with Crippen LogP contribution in [-0.2, 0) is 0 Å². The molecule has 0 bridgehead atoms. The average molecular weight is 453 g/mol. The Balaban J connectivity index is 1.58. The quantitative estimate of drug-likeness (QED) is 0.435. The second kappa shape index (κ2) is 9.84. The lowest BCUT2D eigenvalue weighted by atomic mass is 9.88. The summed E-state index contributed by atoms with van der Waals surface area (Å²) in [7, 11) is 0.